The molecule has 0 N–H and O–H groups in total. The van der Waals surface area contributed by atoms with Gasteiger partial charge in [-0.3, -0.25) is 0 Å². The summed E-state index contributed by atoms with van der Waals surface area (Å²) >= 11 is 1.71. The highest BCUT2D eigenvalue weighted by Gasteiger charge is 2.22. The van der Waals surface area contributed by atoms with E-state index in [0.717, 1.165) is 0 Å². The van der Waals surface area contributed by atoms with Crippen LogP contribution in [0.3, 0.4) is 0 Å². The molecule has 0 bridgehead atoms. The molecule has 0 radical (unpaired) electrons. The molecule has 110 valence electrons. The Morgan fingerprint density at radius 2 is 1.53 bits per heavy atom. The zero-order chi connectivity index (χ0) is 14.5. The van der Waals surface area contributed by atoms with Crippen LogP contribution in [0.1, 0.15) is 41.5 Å². The Labute approximate surface area is 121 Å². The van der Waals surface area contributed by atoms with Crippen LogP contribution in [0, 0.1) is 0 Å². The smallest absolute Gasteiger partial charge is 0.206 e. The van der Waals surface area contributed by atoms with Crippen molar-refractivity contribution in [2.45, 2.75) is 58.7 Å². The molecule has 0 spiro atoms. The molecule has 19 heavy (non-hydrogen) atoms. The molecule has 4 nitrogen and oxygen atoms in total. The average molecular weight is 304 g/mol. The minimum atomic E-state index is -0.769. The summed E-state index contributed by atoms with van der Waals surface area (Å²) in [4.78, 5) is 21.5. The molecule has 0 amide bonds. The molecule has 1 heterocycles. The molecule has 0 aliphatic heterocycles. The van der Waals surface area contributed by atoms with Gasteiger partial charge in [0.05, 0.1) is 11.2 Å². The summed E-state index contributed by atoms with van der Waals surface area (Å²) in [5.41, 5.74) is -0.736. The van der Waals surface area contributed by atoms with Crippen LogP contribution in [0.5, 0.6) is 0 Å². The van der Waals surface area contributed by atoms with E-state index < -0.39 is 15.4 Å². The fraction of sp³-hybridized carbons (Fsp3) is 0.692. The van der Waals surface area contributed by atoms with E-state index in [1.807, 2.05) is 47.6 Å². The minimum Gasteiger partial charge on any atom is -0.229 e. The van der Waals surface area contributed by atoms with Gasteiger partial charge in [-0.1, -0.05) is 12.1 Å². The molecule has 0 aliphatic rings. The van der Waals surface area contributed by atoms with Crippen molar-refractivity contribution in [1.82, 2.24) is 0 Å². The lowest BCUT2D eigenvalue weighted by Crippen LogP contribution is -2.36. The zero-order valence-corrected chi connectivity index (χ0v) is 14.8. The maximum atomic E-state index is 5.40. The summed E-state index contributed by atoms with van der Waals surface area (Å²) in [6.07, 6.45) is 0. The lowest BCUT2D eigenvalue weighted by Gasteiger charge is -2.25. The molecule has 1 rings (SSSR count). The highest BCUT2D eigenvalue weighted by atomic mass is 32.1. The first-order valence-corrected chi connectivity index (χ1v) is 8.77. The third-order valence-electron chi connectivity index (χ3n) is 1.76. The zero-order valence-electron chi connectivity index (χ0n) is 12.6. The second-order valence-corrected chi connectivity index (χ2v) is 9.68. The van der Waals surface area contributed by atoms with E-state index in [0.29, 0.717) is 0 Å². The quantitative estimate of drug-likeness (QED) is 0.350. The van der Waals surface area contributed by atoms with Gasteiger partial charge in [-0.05, 0) is 51.4 Å². The normalized spacial score (nSPS) is 13.8. The van der Waals surface area contributed by atoms with Gasteiger partial charge in [-0.25, -0.2) is 19.6 Å². The molecular weight excluding hydrogens is 280 g/mol. The number of hydrogen-bond acceptors (Lipinski definition) is 5. The molecule has 0 unspecified atom stereocenters. The Morgan fingerprint density at radius 1 is 1.00 bits per heavy atom. The van der Waals surface area contributed by atoms with Gasteiger partial charge in [-0.2, -0.15) is 11.3 Å². The first-order chi connectivity index (χ1) is 8.66. The van der Waals surface area contributed by atoms with Gasteiger partial charge in [0.15, 0.2) is 0 Å². The Bertz CT molecular complexity index is 336. The van der Waals surface area contributed by atoms with Crippen LogP contribution in [0.2, 0.25) is 0 Å². The highest BCUT2D eigenvalue weighted by Crippen LogP contribution is 2.13. The molecule has 0 saturated carbocycles. The maximum absolute atomic E-state index is 5.40. The number of thiophene rings is 1. The van der Waals surface area contributed by atoms with Gasteiger partial charge in [0.1, 0.15) is 9.52 Å². The summed E-state index contributed by atoms with van der Waals surface area (Å²) in [6, 6.07) is 4.12. The van der Waals surface area contributed by atoms with Crippen LogP contribution in [0.15, 0.2) is 17.5 Å². The van der Waals surface area contributed by atoms with E-state index in [1.54, 1.807) is 11.3 Å². The van der Waals surface area contributed by atoms with Crippen molar-refractivity contribution >= 4 is 25.4 Å². The van der Waals surface area contributed by atoms with Gasteiger partial charge in [0.2, 0.25) is 5.91 Å². The van der Waals surface area contributed by atoms with Crippen molar-refractivity contribution in [1.29, 1.82) is 0 Å². The van der Waals surface area contributed by atoms with Crippen molar-refractivity contribution in [2.75, 3.05) is 0 Å². The molecule has 0 saturated heterocycles. The largest absolute Gasteiger partial charge is 0.229 e. The van der Waals surface area contributed by atoms with Crippen LogP contribution >= 0.6 is 11.3 Å². The average Bonchev–Trinajstić information content (AvgIpc) is 2.72. The lowest BCUT2D eigenvalue weighted by molar-refractivity contribution is -0.475. The van der Waals surface area contributed by atoms with Crippen molar-refractivity contribution in [3.05, 3.63) is 17.5 Å². The fourth-order valence-corrected chi connectivity index (χ4v) is 3.52. The lowest BCUT2D eigenvalue weighted by atomic mass is 10.2. The monoisotopic (exact) mass is 304 g/mol. The van der Waals surface area contributed by atoms with Crippen molar-refractivity contribution < 1.29 is 19.6 Å². The minimum absolute atomic E-state index is 0.368. The van der Waals surface area contributed by atoms with E-state index in [4.69, 9.17) is 19.6 Å². The van der Waals surface area contributed by atoms with Gasteiger partial charge in [0.25, 0.3) is 0 Å². The summed E-state index contributed by atoms with van der Waals surface area (Å²) < 4.78 is 1.29. The van der Waals surface area contributed by atoms with E-state index >= 15 is 0 Å². The second-order valence-electron chi connectivity index (χ2n) is 6.30. The third kappa shape index (κ3) is 8.51. The Hall–Kier alpha value is -0.243. The van der Waals surface area contributed by atoms with E-state index in [1.165, 1.54) is 4.50 Å². The summed E-state index contributed by atoms with van der Waals surface area (Å²) in [5.74, 6) is -0.447. The molecule has 0 fully saturated rings. The summed E-state index contributed by atoms with van der Waals surface area (Å²) in [5, 5.41) is 2.05. The van der Waals surface area contributed by atoms with Crippen LogP contribution in [-0.4, -0.2) is 26.6 Å². The SMILES string of the molecule is CC(C)(C)OOC(OOC(C)(C)C)[SiH2]c1cccs1. The Kier molecular flexibility index (Phi) is 6.16. The molecule has 0 aliphatic carbocycles. The first kappa shape index (κ1) is 16.8. The molecule has 1 aromatic rings. The standard InChI is InChI=1S/C13H24O4SSi/c1-12(2,3)16-14-11(15-17-13(4,5)6)19-10-8-7-9-18-10/h7-9,11H,19H2,1-6H3. The summed E-state index contributed by atoms with van der Waals surface area (Å²) in [6.45, 7) is 11.6. The Balaban J connectivity index is 2.52. The van der Waals surface area contributed by atoms with Gasteiger partial charge in [0, 0.05) is 0 Å². The van der Waals surface area contributed by atoms with Gasteiger partial charge in [-0.15, -0.1) is 0 Å². The van der Waals surface area contributed by atoms with Crippen LogP contribution in [0.4, 0.5) is 0 Å². The van der Waals surface area contributed by atoms with Crippen molar-refractivity contribution in [3.63, 3.8) is 0 Å². The van der Waals surface area contributed by atoms with Crippen LogP contribution < -0.4 is 4.50 Å². The Morgan fingerprint density at radius 3 is 1.89 bits per heavy atom. The second kappa shape index (κ2) is 6.96. The number of hydrogen-bond donors (Lipinski definition) is 0. The van der Waals surface area contributed by atoms with Crippen LogP contribution in [0.25, 0.3) is 0 Å². The third-order valence-corrected chi connectivity index (χ3v) is 4.73. The topological polar surface area (TPSA) is 36.9 Å². The molecule has 1 aromatic heterocycles. The van der Waals surface area contributed by atoms with E-state index in [2.05, 4.69) is 11.4 Å². The van der Waals surface area contributed by atoms with Gasteiger partial charge < -0.3 is 0 Å². The number of rotatable bonds is 6. The predicted octanol–water partition coefficient (Wildman–Crippen LogP) is 2.32. The van der Waals surface area contributed by atoms with Crippen molar-refractivity contribution in [3.8, 4) is 0 Å². The van der Waals surface area contributed by atoms with E-state index in [-0.39, 0.29) is 11.2 Å². The van der Waals surface area contributed by atoms with E-state index in [9.17, 15) is 0 Å². The highest BCUT2D eigenvalue weighted by molar-refractivity contribution is 7.19. The predicted molar refractivity (Wildman–Crippen MR) is 80.1 cm³/mol. The molecule has 0 atom stereocenters. The first-order valence-electron chi connectivity index (χ1n) is 6.37. The molecule has 6 heteroatoms. The fourth-order valence-electron chi connectivity index (χ4n) is 1.07. The van der Waals surface area contributed by atoms with Crippen LogP contribution in [-0.2, 0) is 19.6 Å². The molecule has 0 aromatic carbocycles. The maximum Gasteiger partial charge on any atom is 0.206 e. The molecular formula is C13H24O4SSi. The van der Waals surface area contributed by atoms with Gasteiger partial charge >= 0.3 is 0 Å². The summed E-state index contributed by atoms with van der Waals surface area (Å²) in [7, 11) is -0.769. The van der Waals surface area contributed by atoms with Crippen molar-refractivity contribution in [2.24, 2.45) is 0 Å².